The standard InChI is InChI=1S/C14H10N4O2S/c15-12(21)14-17-3-4-18(14)13-9-6-11-10(19-7-20-11)5-8(9)1-2-16-13/h1-6H,7H2,(H2,15,21). The van der Waals surface area contributed by atoms with Crippen molar-refractivity contribution in [2.45, 2.75) is 0 Å². The second kappa shape index (κ2) is 4.42. The summed E-state index contributed by atoms with van der Waals surface area (Å²) in [6, 6.07) is 5.75. The van der Waals surface area contributed by atoms with E-state index in [1.165, 1.54) is 0 Å². The summed E-state index contributed by atoms with van der Waals surface area (Å²) in [6.45, 7) is 0.234. The lowest BCUT2D eigenvalue weighted by Gasteiger charge is -2.09. The van der Waals surface area contributed by atoms with Crippen LogP contribution in [0.15, 0.2) is 36.8 Å². The number of fused-ring (bicyclic) bond motifs is 2. The Morgan fingerprint density at radius 2 is 2.00 bits per heavy atom. The maximum absolute atomic E-state index is 5.71. The molecule has 0 atom stereocenters. The number of benzene rings is 1. The van der Waals surface area contributed by atoms with E-state index in [4.69, 9.17) is 27.4 Å². The summed E-state index contributed by atoms with van der Waals surface area (Å²) in [5.74, 6) is 2.64. The maximum atomic E-state index is 5.71. The van der Waals surface area contributed by atoms with Gasteiger partial charge in [-0.05, 0) is 23.6 Å². The minimum absolute atomic E-state index is 0.222. The third-order valence-electron chi connectivity index (χ3n) is 3.33. The van der Waals surface area contributed by atoms with Gasteiger partial charge in [-0.15, -0.1) is 0 Å². The van der Waals surface area contributed by atoms with Gasteiger partial charge in [-0.1, -0.05) is 12.2 Å². The molecule has 104 valence electrons. The molecule has 21 heavy (non-hydrogen) atoms. The number of ether oxygens (including phenoxy) is 2. The van der Waals surface area contributed by atoms with Gasteiger partial charge in [0.1, 0.15) is 10.8 Å². The number of nitrogens with two attached hydrogens (primary N) is 1. The summed E-state index contributed by atoms with van der Waals surface area (Å²) in [4.78, 5) is 8.82. The van der Waals surface area contributed by atoms with Crippen molar-refractivity contribution in [2.75, 3.05) is 6.79 Å². The van der Waals surface area contributed by atoms with Crippen molar-refractivity contribution in [1.82, 2.24) is 14.5 Å². The van der Waals surface area contributed by atoms with Crippen molar-refractivity contribution >= 4 is 28.0 Å². The quantitative estimate of drug-likeness (QED) is 0.727. The van der Waals surface area contributed by atoms with Crippen molar-refractivity contribution in [3.8, 4) is 17.3 Å². The smallest absolute Gasteiger partial charge is 0.231 e. The van der Waals surface area contributed by atoms with Gasteiger partial charge >= 0.3 is 0 Å². The van der Waals surface area contributed by atoms with Crippen molar-refractivity contribution in [2.24, 2.45) is 5.73 Å². The molecule has 0 bridgehead atoms. The van der Waals surface area contributed by atoms with E-state index in [9.17, 15) is 0 Å². The molecule has 0 radical (unpaired) electrons. The molecule has 0 amide bonds. The van der Waals surface area contributed by atoms with Crippen LogP contribution in [-0.2, 0) is 0 Å². The van der Waals surface area contributed by atoms with Gasteiger partial charge in [-0.2, -0.15) is 0 Å². The molecule has 1 aliphatic heterocycles. The zero-order valence-electron chi connectivity index (χ0n) is 10.8. The summed E-state index contributed by atoms with van der Waals surface area (Å²) in [6.07, 6.45) is 5.14. The fourth-order valence-electron chi connectivity index (χ4n) is 2.40. The molecule has 3 heterocycles. The van der Waals surface area contributed by atoms with Crippen LogP contribution in [0.3, 0.4) is 0 Å². The van der Waals surface area contributed by atoms with E-state index < -0.39 is 0 Å². The fourth-order valence-corrected chi connectivity index (χ4v) is 2.55. The predicted molar refractivity (Wildman–Crippen MR) is 80.9 cm³/mol. The zero-order chi connectivity index (χ0) is 14.4. The van der Waals surface area contributed by atoms with Crippen LogP contribution in [0.2, 0.25) is 0 Å². The monoisotopic (exact) mass is 298 g/mol. The SMILES string of the molecule is NC(=S)c1nccn1-c1nccc2cc3c(cc12)OCO3. The Morgan fingerprint density at radius 3 is 2.81 bits per heavy atom. The van der Waals surface area contributed by atoms with E-state index in [-0.39, 0.29) is 11.8 Å². The molecule has 1 aromatic carbocycles. The highest BCUT2D eigenvalue weighted by Gasteiger charge is 2.17. The molecule has 0 unspecified atom stereocenters. The van der Waals surface area contributed by atoms with Gasteiger partial charge in [0.25, 0.3) is 0 Å². The van der Waals surface area contributed by atoms with Crippen LogP contribution in [0.5, 0.6) is 11.5 Å². The van der Waals surface area contributed by atoms with E-state index in [2.05, 4.69) is 9.97 Å². The van der Waals surface area contributed by atoms with Crippen molar-refractivity contribution in [3.63, 3.8) is 0 Å². The average molecular weight is 298 g/mol. The van der Waals surface area contributed by atoms with Crippen LogP contribution in [-0.4, -0.2) is 26.3 Å². The van der Waals surface area contributed by atoms with Crippen LogP contribution in [0.25, 0.3) is 16.6 Å². The molecule has 0 fully saturated rings. The van der Waals surface area contributed by atoms with Crippen LogP contribution in [0, 0.1) is 0 Å². The molecule has 6 nitrogen and oxygen atoms in total. The zero-order valence-corrected chi connectivity index (χ0v) is 11.6. The Hall–Kier alpha value is -2.67. The summed E-state index contributed by atoms with van der Waals surface area (Å²) < 4.78 is 12.6. The van der Waals surface area contributed by atoms with E-state index in [0.29, 0.717) is 17.4 Å². The van der Waals surface area contributed by atoms with E-state index >= 15 is 0 Å². The predicted octanol–water partition coefficient (Wildman–Crippen LogP) is 1.78. The largest absolute Gasteiger partial charge is 0.454 e. The van der Waals surface area contributed by atoms with Crippen LogP contribution >= 0.6 is 12.2 Å². The maximum Gasteiger partial charge on any atom is 0.231 e. The lowest BCUT2D eigenvalue weighted by Crippen LogP contribution is -2.16. The molecule has 2 aromatic heterocycles. The van der Waals surface area contributed by atoms with Crippen molar-refractivity contribution in [3.05, 3.63) is 42.6 Å². The average Bonchev–Trinajstić information content (AvgIpc) is 3.12. The number of rotatable bonds is 2. The Morgan fingerprint density at radius 1 is 1.19 bits per heavy atom. The van der Waals surface area contributed by atoms with Crippen LogP contribution < -0.4 is 15.2 Å². The number of pyridine rings is 1. The second-order valence-corrected chi connectivity index (χ2v) is 4.99. The summed E-state index contributed by atoms with van der Waals surface area (Å²) in [5.41, 5.74) is 5.71. The highest BCUT2D eigenvalue weighted by Crippen LogP contribution is 2.37. The van der Waals surface area contributed by atoms with Gasteiger partial charge in [0.15, 0.2) is 17.3 Å². The fraction of sp³-hybridized carbons (Fsp3) is 0.0714. The summed E-state index contributed by atoms with van der Waals surface area (Å²) >= 11 is 5.03. The molecular formula is C14H10N4O2S. The van der Waals surface area contributed by atoms with Crippen molar-refractivity contribution < 1.29 is 9.47 Å². The van der Waals surface area contributed by atoms with Gasteiger partial charge < -0.3 is 15.2 Å². The van der Waals surface area contributed by atoms with E-state index in [0.717, 1.165) is 16.5 Å². The molecule has 7 heteroatoms. The number of thiocarbonyl (C=S) groups is 1. The minimum Gasteiger partial charge on any atom is -0.454 e. The highest BCUT2D eigenvalue weighted by atomic mass is 32.1. The molecular weight excluding hydrogens is 288 g/mol. The minimum atomic E-state index is 0.222. The Bertz CT molecular complexity index is 875. The van der Waals surface area contributed by atoms with Gasteiger partial charge in [0, 0.05) is 24.0 Å². The van der Waals surface area contributed by atoms with Crippen LogP contribution in [0.4, 0.5) is 0 Å². The molecule has 3 aromatic rings. The molecule has 2 N–H and O–H groups in total. The second-order valence-electron chi connectivity index (χ2n) is 4.55. The Balaban J connectivity index is 2.01. The Kier molecular flexibility index (Phi) is 2.55. The third-order valence-corrected chi connectivity index (χ3v) is 3.51. The molecule has 4 rings (SSSR count). The number of aromatic nitrogens is 3. The van der Waals surface area contributed by atoms with Crippen LogP contribution in [0.1, 0.15) is 5.82 Å². The molecule has 0 saturated heterocycles. The number of hydrogen-bond donors (Lipinski definition) is 1. The topological polar surface area (TPSA) is 75.2 Å². The van der Waals surface area contributed by atoms with Crippen molar-refractivity contribution in [1.29, 1.82) is 0 Å². The van der Waals surface area contributed by atoms with Gasteiger partial charge in [-0.3, -0.25) is 4.57 Å². The first-order chi connectivity index (χ1) is 10.2. The van der Waals surface area contributed by atoms with E-state index in [1.54, 1.807) is 23.2 Å². The number of imidazole rings is 1. The third kappa shape index (κ3) is 1.82. The summed E-state index contributed by atoms with van der Waals surface area (Å²) in [7, 11) is 0. The van der Waals surface area contributed by atoms with E-state index in [1.807, 2.05) is 18.2 Å². The number of hydrogen-bond acceptors (Lipinski definition) is 5. The summed E-state index contributed by atoms with van der Waals surface area (Å²) in [5, 5.41) is 1.91. The first-order valence-corrected chi connectivity index (χ1v) is 6.67. The lowest BCUT2D eigenvalue weighted by molar-refractivity contribution is 0.174. The molecule has 0 spiro atoms. The number of nitrogens with zero attached hydrogens (tertiary/aromatic N) is 3. The first kappa shape index (κ1) is 12.1. The first-order valence-electron chi connectivity index (χ1n) is 6.26. The lowest BCUT2D eigenvalue weighted by atomic mass is 10.1. The Labute approximate surface area is 125 Å². The van der Waals surface area contributed by atoms with Gasteiger partial charge in [-0.25, -0.2) is 9.97 Å². The normalized spacial score (nSPS) is 12.8. The molecule has 0 aliphatic carbocycles. The highest BCUT2D eigenvalue weighted by molar-refractivity contribution is 7.80. The molecule has 1 aliphatic rings. The van der Waals surface area contributed by atoms with Gasteiger partial charge in [0.05, 0.1) is 0 Å². The van der Waals surface area contributed by atoms with Gasteiger partial charge in [0.2, 0.25) is 6.79 Å². The molecule has 0 saturated carbocycles.